The third-order valence-corrected chi connectivity index (χ3v) is 5.50. The molecule has 1 aliphatic heterocycles. The zero-order chi connectivity index (χ0) is 13.9. The Bertz CT molecular complexity index is 276. The predicted molar refractivity (Wildman–Crippen MR) is 83.5 cm³/mol. The van der Waals surface area contributed by atoms with Gasteiger partial charge in [-0.2, -0.15) is 0 Å². The number of rotatable bonds is 6. The van der Waals surface area contributed by atoms with E-state index in [4.69, 9.17) is 0 Å². The smallest absolute Gasteiger partial charge is 0.0124 e. The Morgan fingerprint density at radius 3 is 2.63 bits per heavy atom. The van der Waals surface area contributed by atoms with E-state index in [1.165, 1.54) is 51.6 Å². The van der Waals surface area contributed by atoms with Crippen LogP contribution in [0.4, 0.5) is 0 Å². The molecule has 19 heavy (non-hydrogen) atoms. The minimum Gasteiger partial charge on any atom is -0.314 e. The van der Waals surface area contributed by atoms with Crippen molar-refractivity contribution in [2.75, 3.05) is 19.6 Å². The van der Waals surface area contributed by atoms with Crippen LogP contribution in [0.2, 0.25) is 0 Å². The maximum atomic E-state index is 3.66. The number of hydrogen-bond acceptors (Lipinski definition) is 2. The predicted octanol–water partition coefficient (Wildman–Crippen LogP) is 3.67. The van der Waals surface area contributed by atoms with Crippen molar-refractivity contribution in [1.29, 1.82) is 0 Å². The summed E-state index contributed by atoms with van der Waals surface area (Å²) in [7, 11) is 0. The minimum absolute atomic E-state index is 0.441. The van der Waals surface area contributed by atoms with Crippen LogP contribution in [0.3, 0.4) is 0 Å². The van der Waals surface area contributed by atoms with Crippen LogP contribution in [-0.4, -0.2) is 36.6 Å². The lowest BCUT2D eigenvalue weighted by molar-refractivity contribution is 0.113. The summed E-state index contributed by atoms with van der Waals surface area (Å²) in [6.45, 7) is 13.1. The van der Waals surface area contributed by atoms with Crippen molar-refractivity contribution in [2.45, 2.75) is 78.3 Å². The van der Waals surface area contributed by atoms with Gasteiger partial charge >= 0.3 is 0 Å². The highest BCUT2D eigenvalue weighted by molar-refractivity contribution is 4.93. The molecule has 1 saturated heterocycles. The van der Waals surface area contributed by atoms with E-state index in [0.717, 1.165) is 18.5 Å². The molecular formula is C17H34N2. The fourth-order valence-corrected chi connectivity index (χ4v) is 3.93. The fourth-order valence-electron chi connectivity index (χ4n) is 3.93. The molecule has 112 valence electrons. The first-order valence-electron chi connectivity index (χ1n) is 8.51. The van der Waals surface area contributed by atoms with E-state index in [2.05, 4.69) is 37.9 Å². The summed E-state index contributed by atoms with van der Waals surface area (Å²) in [5.41, 5.74) is 0.441. The lowest BCUT2D eigenvalue weighted by atomic mass is 9.83. The number of likely N-dealkylation sites (tertiary alicyclic amines) is 1. The monoisotopic (exact) mass is 266 g/mol. The quantitative estimate of drug-likeness (QED) is 0.789. The first-order chi connectivity index (χ1) is 9.04. The minimum atomic E-state index is 0.441. The molecule has 2 heteroatoms. The highest BCUT2D eigenvalue weighted by atomic mass is 15.2. The van der Waals surface area contributed by atoms with Gasteiger partial charge in [0, 0.05) is 25.2 Å². The Kier molecular flexibility index (Phi) is 5.30. The van der Waals surface area contributed by atoms with E-state index in [-0.39, 0.29) is 0 Å². The normalized spacial score (nSPS) is 31.4. The Balaban J connectivity index is 1.90. The van der Waals surface area contributed by atoms with Crippen molar-refractivity contribution in [2.24, 2.45) is 11.3 Å². The maximum absolute atomic E-state index is 3.66. The van der Waals surface area contributed by atoms with Gasteiger partial charge in [0.05, 0.1) is 0 Å². The van der Waals surface area contributed by atoms with Crippen LogP contribution in [0.5, 0.6) is 0 Å². The molecule has 0 aromatic rings. The van der Waals surface area contributed by atoms with Gasteiger partial charge in [-0.25, -0.2) is 0 Å². The zero-order valence-corrected chi connectivity index (χ0v) is 13.5. The maximum Gasteiger partial charge on any atom is 0.0124 e. The third kappa shape index (κ3) is 3.95. The lowest BCUT2D eigenvalue weighted by Crippen LogP contribution is -2.46. The topological polar surface area (TPSA) is 15.3 Å². The van der Waals surface area contributed by atoms with Gasteiger partial charge in [-0.1, -0.05) is 40.5 Å². The number of nitrogens with zero attached hydrogens (tertiary/aromatic N) is 1. The highest BCUT2D eigenvalue weighted by Crippen LogP contribution is 2.38. The summed E-state index contributed by atoms with van der Waals surface area (Å²) >= 11 is 0. The molecule has 1 saturated carbocycles. The van der Waals surface area contributed by atoms with Gasteiger partial charge in [0.1, 0.15) is 0 Å². The van der Waals surface area contributed by atoms with Gasteiger partial charge in [0.15, 0.2) is 0 Å². The van der Waals surface area contributed by atoms with Gasteiger partial charge in [-0.05, 0) is 43.6 Å². The van der Waals surface area contributed by atoms with Crippen molar-refractivity contribution >= 4 is 0 Å². The number of hydrogen-bond donors (Lipinski definition) is 1. The lowest BCUT2D eigenvalue weighted by Gasteiger charge is -2.39. The molecule has 0 amide bonds. The molecule has 0 radical (unpaired) electrons. The first-order valence-corrected chi connectivity index (χ1v) is 8.51. The molecule has 0 spiro atoms. The average molecular weight is 266 g/mol. The van der Waals surface area contributed by atoms with Gasteiger partial charge in [-0.3, -0.25) is 4.90 Å². The standard InChI is InChI=1S/C17H34N2/c1-5-17(4,12-18-14(2)3)13-19-11-10-15-8-6-7-9-16(15)19/h14-16,18H,5-13H2,1-4H3. The van der Waals surface area contributed by atoms with Crippen LogP contribution in [-0.2, 0) is 0 Å². The molecule has 3 unspecified atom stereocenters. The first kappa shape index (κ1) is 15.3. The van der Waals surface area contributed by atoms with Gasteiger partial charge < -0.3 is 5.32 Å². The molecule has 0 aromatic carbocycles. The van der Waals surface area contributed by atoms with Crippen LogP contribution < -0.4 is 5.32 Å². The molecule has 1 N–H and O–H groups in total. The largest absolute Gasteiger partial charge is 0.314 e. The van der Waals surface area contributed by atoms with Crippen molar-refractivity contribution < 1.29 is 0 Å². The molecule has 2 fully saturated rings. The van der Waals surface area contributed by atoms with Crippen LogP contribution in [0, 0.1) is 11.3 Å². The second-order valence-electron chi connectivity index (χ2n) is 7.57. The fraction of sp³-hybridized carbons (Fsp3) is 1.00. The van der Waals surface area contributed by atoms with Crippen molar-refractivity contribution in [1.82, 2.24) is 10.2 Å². The summed E-state index contributed by atoms with van der Waals surface area (Å²) < 4.78 is 0. The Morgan fingerprint density at radius 2 is 1.95 bits per heavy atom. The summed E-state index contributed by atoms with van der Waals surface area (Å²) in [5.74, 6) is 1.02. The van der Waals surface area contributed by atoms with Crippen LogP contribution in [0.15, 0.2) is 0 Å². The van der Waals surface area contributed by atoms with Crippen LogP contribution in [0.25, 0.3) is 0 Å². The van der Waals surface area contributed by atoms with Gasteiger partial charge in [0.25, 0.3) is 0 Å². The Morgan fingerprint density at radius 1 is 1.21 bits per heavy atom. The molecule has 2 nitrogen and oxygen atoms in total. The molecule has 0 bridgehead atoms. The van der Waals surface area contributed by atoms with Gasteiger partial charge in [-0.15, -0.1) is 0 Å². The zero-order valence-electron chi connectivity index (χ0n) is 13.5. The molecule has 1 aliphatic carbocycles. The summed E-state index contributed by atoms with van der Waals surface area (Å²) in [5, 5.41) is 3.66. The molecular weight excluding hydrogens is 232 g/mol. The van der Waals surface area contributed by atoms with E-state index >= 15 is 0 Å². The van der Waals surface area contributed by atoms with E-state index in [1.807, 2.05) is 0 Å². The summed E-state index contributed by atoms with van der Waals surface area (Å²) in [6.07, 6.45) is 8.64. The van der Waals surface area contributed by atoms with Crippen LogP contribution >= 0.6 is 0 Å². The van der Waals surface area contributed by atoms with E-state index in [0.29, 0.717) is 11.5 Å². The molecule has 2 aliphatic rings. The second-order valence-corrected chi connectivity index (χ2v) is 7.57. The van der Waals surface area contributed by atoms with E-state index < -0.39 is 0 Å². The Labute approximate surface area is 120 Å². The molecule has 3 atom stereocenters. The Hall–Kier alpha value is -0.0800. The number of fused-ring (bicyclic) bond motifs is 1. The van der Waals surface area contributed by atoms with Crippen molar-refractivity contribution in [3.05, 3.63) is 0 Å². The summed E-state index contributed by atoms with van der Waals surface area (Å²) in [4.78, 5) is 2.83. The van der Waals surface area contributed by atoms with Gasteiger partial charge in [0.2, 0.25) is 0 Å². The van der Waals surface area contributed by atoms with Crippen molar-refractivity contribution in [3.8, 4) is 0 Å². The SMILES string of the molecule is CCC(C)(CNC(C)C)CN1CCC2CCCCC21. The van der Waals surface area contributed by atoms with E-state index in [1.54, 1.807) is 0 Å². The molecule has 0 aromatic heterocycles. The second kappa shape index (κ2) is 6.58. The third-order valence-electron chi connectivity index (χ3n) is 5.50. The number of nitrogens with one attached hydrogen (secondary N) is 1. The van der Waals surface area contributed by atoms with E-state index in [9.17, 15) is 0 Å². The average Bonchev–Trinajstić information content (AvgIpc) is 2.80. The van der Waals surface area contributed by atoms with Crippen LogP contribution in [0.1, 0.15) is 66.2 Å². The van der Waals surface area contributed by atoms with Crippen molar-refractivity contribution in [3.63, 3.8) is 0 Å². The molecule has 1 heterocycles. The molecule has 2 rings (SSSR count). The summed E-state index contributed by atoms with van der Waals surface area (Å²) in [6, 6.07) is 1.52. The highest BCUT2D eigenvalue weighted by Gasteiger charge is 2.38.